The molecule has 7 nitrogen and oxygen atoms in total. The molecule has 0 spiro atoms. The van der Waals surface area contributed by atoms with Gasteiger partial charge in [-0.3, -0.25) is 4.72 Å². The molecule has 2 aliphatic carbocycles. The molecule has 8 heteroatoms. The van der Waals surface area contributed by atoms with Gasteiger partial charge in [-0.05, 0) is 56.4 Å². The number of anilines is 2. The second kappa shape index (κ2) is 8.50. The van der Waals surface area contributed by atoms with Crippen LogP contribution in [-0.4, -0.2) is 37.6 Å². The Bertz CT molecular complexity index is 1300. The number of aromatic nitrogens is 1. The van der Waals surface area contributed by atoms with Gasteiger partial charge in [0.25, 0.3) is 0 Å². The summed E-state index contributed by atoms with van der Waals surface area (Å²) in [6, 6.07) is 14.2. The number of nitrogens with zero attached hydrogens (tertiary/aromatic N) is 1. The highest BCUT2D eigenvalue weighted by molar-refractivity contribution is 7.93. The molecule has 0 radical (unpaired) electrons. The van der Waals surface area contributed by atoms with E-state index in [0.29, 0.717) is 11.7 Å². The fourth-order valence-electron chi connectivity index (χ4n) is 5.02. The van der Waals surface area contributed by atoms with E-state index in [1.54, 1.807) is 0 Å². The molecule has 3 fully saturated rings. The third-order valence-corrected chi connectivity index (χ3v) is 9.18. The summed E-state index contributed by atoms with van der Waals surface area (Å²) < 4.78 is 41.4. The summed E-state index contributed by atoms with van der Waals surface area (Å²) in [5.41, 5.74) is 11.2. The smallest absolute Gasteiger partial charge is 0.235 e. The average Bonchev–Trinajstić information content (AvgIpc) is 3.62. The van der Waals surface area contributed by atoms with Crippen molar-refractivity contribution in [2.75, 3.05) is 23.7 Å². The number of hydrogen-bond acceptors (Lipinski definition) is 5. The zero-order valence-electron chi connectivity index (χ0n) is 19.2. The Kier molecular flexibility index (Phi) is 5.45. The molecule has 3 N–H and O–H groups in total. The van der Waals surface area contributed by atoms with E-state index in [1.807, 2.05) is 30.3 Å². The van der Waals surface area contributed by atoms with E-state index in [2.05, 4.69) is 21.4 Å². The Morgan fingerprint density at radius 1 is 0.971 bits per heavy atom. The largest absolute Gasteiger partial charge is 0.490 e. The van der Waals surface area contributed by atoms with Gasteiger partial charge in [0.2, 0.25) is 10.0 Å². The van der Waals surface area contributed by atoms with Crippen molar-refractivity contribution in [3.8, 4) is 17.0 Å². The third-order valence-electron chi connectivity index (χ3n) is 7.31. The standard InChI is InChI=1S/C26H31N3O4S/c27-25-23-11-8-21(33-20-12-14-32-15-13-20)16-24(23)29(19-2-1-3-19)26(25)17-4-6-18(7-5-17)28-34(30,31)22-9-10-22/h4-8,11,16,19-20,22,28H,1-3,9-10,12-15,27H2. The zero-order valence-corrected chi connectivity index (χ0v) is 20.0. The van der Waals surface area contributed by atoms with Crippen molar-refractivity contribution in [1.82, 2.24) is 4.57 Å². The Hall–Kier alpha value is -2.71. The van der Waals surface area contributed by atoms with Gasteiger partial charge in [-0.2, -0.15) is 0 Å². The van der Waals surface area contributed by atoms with Crippen LogP contribution in [0, 0.1) is 0 Å². The number of sulfonamides is 1. The van der Waals surface area contributed by atoms with Crippen LogP contribution < -0.4 is 15.2 Å². The predicted octanol–water partition coefficient (Wildman–Crippen LogP) is 5.08. The number of hydrogen-bond donors (Lipinski definition) is 2. The zero-order chi connectivity index (χ0) is 23.3. The molecule has 6 rings (SSSR count). The van der Waals surface area contributed by atoms with Crippen molar-refractivity contribution in [1.29, 1.82) is 0 Å². The molecule has 2 saturated carbocycles. The lowest BCUT2D eigenvalue weighted by molar-refractivity contribution is 0.0256. The fraction of sp³-hybridized carbons (Fsp3) is 0.462. The first-order chi connectivity index (χ1) is 16.5. The van der Waals surface area contributed by atoms with E-state index in [0.717, 1.165) is 85.3 Å². The summed E-state index contributed by atoms with van der Waals surface area (Å²) in [5, 5.41) is 0.779. The summed E-state index contributed by atoms with van der Waals surface area (Å²) in [4.78, 5) is 0. The molecular formula is C26H31N3O4S. The Morgan fingerprint density at radius 3 is 2.35 bits per heavy atom. The van der Waals surface area contributed by atoms with E-state index in [-0.39, 0.29) is 11.4 Å². The maximum absolute atomic E-state index is 12.3. The SMILES string of the molecule is Nc1c(-c2ccc(NS(=O)(=O)C3CC3)cc2)n(C2CCC2)c2cc(OC3CCOCC3)ccc12. The lowest BCUT2D eigenvalue weighted by atomic mass is 9.92. The molecule has 0 amide bonds. The Labute approximate surface area is 200 Å². The van der Waals surface area contributed by atoms with Gasteiger partial charge in [0.05, 0.1) is 35.4 Å². The van der Waals surface area contributed by atoms with Crippen molar-refractivity contribution in [2.24, 2.45) is 0 Å². The monoisotopic (exact) mass is 481 g/mol. The maximum atomic E-state index is 12.3. The third kappa shape index (κ3) is 4.03. The van der Waals surface area contributed by atoms with Crippen LogP contribution in [0.15, 0.2) is 42.5 Å². The molecule has 0 unspecified atom stereocenters. The minimum atomic E-state index is -3.28. The van der Waals surface area contributed by atoms with Gasteiger partial charge in [-0.1, -0.05) is 12.1 Å². The van der Waals surface area contributed by atoms with Gasteiger partial charge < -0.3 is 19.8 Å². The molecule has 0 bridgehead atoms. The molecular weight excluding hydrogens is 450 g/mol. The summed E-state index contributed by atoms with van der Waals surface area (Å²) >= 11 is 0. The maximum Gasteiger partial charge on any atom is 0.235 e. The topological polar surface area (TPSA) is 95.6 Å². The van der Waals surface area contributed by atoms with Crippen LogP contribution in [0.4, 0.5) is 11.4 Å². The van der Waals surface area contributed by atoms with Crippen LogP contribution in [0.2, 0.25) is 0 Å². The van der Waals surface area contributed by atoms with E-state index in [9.17, 15) is 8.42 Å². The van der Waals surface area contributed by atoms with Crippen LogP contribution in [-0.2, 0) is 14.8 Å². The van der Waals surface area contributed by atoms with Gasteiger partial charge in [0.1, 0.15) is 11.9 Å². The lowest BCUT2D eigenvalue weighted by Crippen LogP contribution is -2.25. The molecule has 1 aromatic heterocycles. The van der Waals surface area contributed by atoms with E-state index >= 15 is 0 Å². The highest BCUT2D eigenvalue weighted by Crippen LogP contribution is 2.45. The number of rotatable bonds is 7. The Balaban J connectivity index is 1.36. The number of nitrogen functional groups attached to an aromatic ring is 1. The van der Waals surface area contributed by atoms with Gasteiger partial charge in [-0.15, -0.1) is 0 Å². The van der Waals surface area contributed by atoms with Crippen LogP contribution in [0.5, 0.6) is 5.75 Å². The molecule has 3 aromatic rings. The number of benzene rings is 2. The molecule has 1 aliphatic heterocycles. The van der Waals surface area contributed by atoms with Gasteiger partial charge in [0.15, 0.2) is 0 Å². The van der Waals surface area contributed by atoms with E-state index < -0.39 is 10.0 Å². The molecule has 180 valence electrons. The van der Waals surface area contributed by atoms with Crippen molar-refractivity contribution in [3.05, 3.63) is 42.5 Å². The number of fused-ring (bicyclic) bond motifs is 1. The minimum absolute atomic E-state index is 0.182. The van der Waals surface area contributed by atoms with Crippen molar-refractivity contribution < 1.29 is 17.9 Å². The van der Waals surface area contributed by atoms with Gasteiger partial charge in [-0.25, -0.2) is 8.42 Å². The number of nitrogens with two attached hydrogens (primary N) is 1. The summed E-state index contributed by atoms with van der Waals surface area (Å²) in [6.07, 6.45) is 6.95. The van der Waals surface area contributed by atoms with E-state index in [4.69, 9.17) is 15.2 Å². The first-order valence-electron chi connectivity index (χ1n) is 12.3. The second-order valence-electron chi connectivity index (χ2n) is 9.75. The molecule has 3 aliphatic rings. The fourth-order valence-corrected chi connectivity index (χ4v) is 6.40. The number of nitrogens with one attached hydrogen (secondary N) is 1. The van der Waals surface area contributed by atoms with Gasteiger partial charge in [0, 0.05) is 41.6 Å². The van der Waals surface area contributed by atoms with Crippen molar-refractivity contribution in [2.45, 2.75) is 62.3 Å². The van der Waals surface area contributed by atoms with Crippen LogP contribution in [0.1, 0.15) is 51.0 Å². The number of ether oxygens (including phenoxy) is 2. The highest BCUT2D eigenvalue weighted by atomic mass is 32.2. The van der Waals surface area contributed by atoms with E-state index in [1.165, 1.54) is 6.42 Å². The lowest BCUT2D eigenvalue weighted by Gasteiger charge is -2.30. The second-order valence-corrected chi connectivity index (χ2v) is 11.7. The quantitative estimate of drug-likeness (QED) is 0.491. The Morgan fingerprint density at radius 2 is 1.71 bits per heavy atom. The molecule has 2 aromatic carbocycles. The van der Waals surface area contributed by atoms with Crippen LogP contribution in [0.25, 0.3) is 22.2 Å². The minimum Gasteiger partial charge on any atom is -0.490 e. The van der Waals surface area contributed by atoms with Crippen molar-refractivity contribution >= 4 is 32.3 Å². The molecule has 0 atom stereocenters. The van der Waals surface area contributed by atoms with Crippen LogP contribution in [0.3, 0.4) is 0 Å². The first kappa shape index (κ1) is 21.8. The van der Waals surface area contributed by atoms with Crippen LogP contribution >= 0.6 is 0 Å². The molecule has 2 heterocycles. The average molecular weight is 482 g/mol. The summed E-state index contributed by atoms with van der Waals surface area (Å²) in [6.45, 7) is 1.49. The molecule has 34 heavy (non-hydrogen) atoms. The summed E-state index contributed by atoms with van der Waals surface area (Å²) in [5.74, 6) is 0.869. The normalized spacial score (nSPS) is 19.8. The highest BCUT2D eigenvalue weighted by Gasteiger charge is 2.35. The van der Waals surface area contributed by atoms with Crippen molar-refractivity contribution in [3.63, 3.8) is 0 Å². The predicted molar refractivity (Wildman–Crippen MR) is 135 cm³/mol. The van der Waals surface area contributed by atoms with Gasteiger partial charge >= 0.3 is 0 Å². The molecule has 1 saturated heterocycles. The summed E-state index contributed by atoms with van der Waals surface area (Å²) in [7, 11) is -3.28. The first-order valence-corrected chi connectivity index (χ1v) is 13.8.